The fraction of sp³-hybridized carbons (Fsp3) is 0.455. The number of aromatic nitrogens is 1. The number of aromatic carboxylic acids is 1. The molecular weight excluding hydrogens is 208 g/mol. The molecule has 0 saturated carbocycles. The van der Waals surface area contributed by atoms with Gasteiger partial charge in [0.15, 0.2) is 0 Å². The van der Waals surface area contributed by atoms with Crippen molar-refractivity contribution in [2.24, 2.45) is 0 Å². The number of carboxylic acids is 1. The number of pyridine rings is 1. The van der Waals surface area contributed by atoms with Gasteiger partial charge in [0.1, 0.15) is 0 Å². The molecule has 1 heterocycles. The molecular formula is C11H16N2O3. The Morgan fingerprint density at radius 3 is 3.00 bits per heavy atom. The number of rotatable bonds is 6. The van der Waals surface area contributed by atoms with Gasteiger partial charge in [-0.25, -0.2) is 4.79 Å². The van der Waals surface area contributed by atoms with E-state index in [0.717, 1.165) is 6.42 Å². The molecule has 5 nitrogen and oxygen atoms in total. The van der Waals surface area contributed by atoms with Crippen LogP contribution in [-0.4, -0.2) is 33.8 Å². The second kappa shape index (κ2) is 6.07. The summed E-state index contributed by atoms with van der Waals surface area (Å²) < 4.78 is 0. The van der Waals surface area contributed by atoms with Crippen molar-refractivity contribution in [2.75, 3.05) is 11.9 Å². The van der Waals surface area contributed by atoms with E-state index in [1.165, 1.54) is 18.5 Å². The molecule has 0 aliphatic carbocycles. The Hall–Kier alpha value is -1.62. The third kappa shape index (κ3) is 3.51. The molecule has 1 unspecified atom stereocenters. The van der Waals surface area contributed by atoms with Gasteiger partial charge in [0, 0.05) is 18.8 Å². The van der Waals surface area contributed by atoms with Crippen molar-refractivity contribution in [3.8, 4) is 0 Å². The van der Waals surface area contributed by atoms with Crippen LogP contribution in [0.1, 0.15) is 30.1 Å². The number of anilines is 1. The Labute approximate surface area is 94.1 Å². The number of nitrogens with one attached hydrogen (secondary N) is 1. The predicted octanol–water partition coefficient (Wildman–Crippen LogP) is 1.35. The summed E-state index contributed by atoms with van der Waals surface area (Å²) in [5.41, 5.74) is 0.728. The normalized spacial score (nSPS) is 12.1. The lowest BCUT2D eigenvalue weighted by Gasteiger charge is -2.15. The Kier molecular flexibility index (Phi) is 4.72. The molecule has 16 heavy (non-hydrogen) atoms. The topological polar surface area (TPSA) is 82.5 Å². The van der Waals surface area contributed by atoms with Gasteiger partial charge in [0.05, 0.1) is 17.4 Å². The lowest BCUT2D eigenvalue weighted by Crippen LogP contribution is -2.17. The summed E-state index contributed by atoms with van der Waals surface area (Å²) in [7, 11) is 0. The van der Waals surface area contributed by atoms with Crippen LogP contribution < -0.4 is 5.32 Å². The number of aliphatic hydroxyl groups excluding tert-OH is 1. The van der Waals surface area contributed by atoms with Crippen LogP contribution in [0.4, 0.5) is 5.69 Å². The van der Waals surface area contributed by atoms with Crippen molar-refractivity contribution in [3.63, 3.8) is 0 Å². The van der Waals surface area contributed by atoms with Gasteiger partial charge in [-0.1, -0.05) is 0 Å². The molecule has 0 radical (unpaired) electrons. The van der Waals surface area contributed by atoms with Crippen LogP contribution in [0.2, 0.25) is 0 Å². The highest BCUT2D eigenvalue weighted by molar-refractivity contribution is 5.93. The van der Waals surface area contributed by atoms with Gasteiger partial charge in [-0.2, -0.15) is 0 Å². The Morgan fingerprint density at radius 1 is 1.62 bits per heavy atom. The third-order valence-electron chi connectivity index (χ3n) is 2.25. The zero-order chi connectivity index (χ0) is 12.0. The minimum absolute atomic E-state index is 0.106. The quantitative estimate of drug-likeness (QED) is 0.679. The average molecular weight is 224 g/mol. The summed E-state index contributed by atoms with van der Waals surface area (Å²) >= 11 is 0. The molecule has 1 rings (SSSR count). The van der Waals surface area contributed by atoms with E-state index in [1.807, 2.05) is 6.92 Å². The van der Waals surface area contributed by atoms with Crippen LogP contribution in [0.5, 0.6) is 0 Å². The first kappa shape index (κ1) is 12.4. The standard InChI is InChI=1S/C11H16N2O3/c1-8(3-2-6-14)13-10-7-12-5-4-9(10)11(15)16/h4-5,7-8,13-14H,2-3,6H2,1H3,(H,15,16). The number of hydrogen-bond acceptors (Lipinski definition) is 4. The first-order valence-corrected chi connectivity index (χ1v) is 5.20. The van der Waals surface area contributed by atoms with Gasteiger partial charge < -0.3 is 15.5 Å². The first-order valence-electron chi connectivity index (χ1n) is 5.20. The highest BCUT2D eigenvalue weighted by Crippen LogP contribution is 2.15. The largest absolute Gasteiger partial charge is 0.478 e. The molecule has 0 saturated heterocycles. The summed E-state index contributed by atoms with van der Waals surface area (Å²) in [4.78, 5) is 14.8. The summed E-state index contributed by atoms with van der Waals surface area (Å²) in [5.74, 6) is -0.973. The second-order valence-corrected chi connectivity index (χ2v) is 3.64. The number of aliphatic hydroxyl groups is 1. The smallest absolute Gasteiger partial charge is 0.337 e. The lowest BCUT2D eigenvalue weighted by molar-refractivity contribution is 0.0697. The highest BCUT2D eigenvalue weighted by Gasteiger charge is 2.11. The Morgan fingerprint density at radius 2 is 2.38 bits per heavy atom. The zero-order valence-electron chi connectivity index (χ0n) is 9.18. The monoisotopic (exact) mass is 224 g/mol. The van der Waals surface area contributed by atoms with E-state index in [2.05, 4.69) is 10.3 Å². The molecule has 0 spiro atoms. The van der Waals surface area contributed by atoms with Crippen LogP contribution in [0.3, 0.4) is 0 Å². The molecule has 0 fully saturated rings. The molecule has 1 aromatic heterocycles. The van der Waals surface area contributed by atoms with Crippen molar-refractivity contribution in [2.45, 2.75) is 25.8 Å². The molecule has 1 atom stereocenters. The molecule has 88 valence electrons. The summed E-state index contributed by atoms with van der Waals surface area (Å²) in [6.45, 7) is 2.08. The van der Waals surface area contributed by atoms with E-state index in [4.69, 9.17) is 10.2 Å². The van der Waals surface area contributed by atoms with E-state index in [0.29, 0.717) is 12.1 Å². The number of carboxylic acid groups (broad SMARTS) is 1. The van der Waals surface area contributed by atoms with Gasteiger partial charge in [-0.3, -0.25) is 4.98 Å². The molecule has 0 bridgehead atoms. The van der Waals surface area contributed by atoms with Crippen LogP contribution >= 0.6 is 0 Å². The summed E-state index contributed by atoms with van der Waals surface area (Å²) in [6.07, 6.45) is 4.42. The van der Waals surface area contributed by atoms with E-state index >= 15 is 0 Å². The SMILES string of the molecule is CC(CCCO)Nc1cnccc1C(=O)O. The van der Waals surface area contributed by atoms with Crippen molar-refractivity contribution < 1.29 is 15.0 Å². The predicted molar refractivity (Wildman–Crippen MR) is 60.6 cm³/mol. The van der Waals surface area contributed by atoms with Gasteiger partial charge in [-0.05, 0) is 25.8 Å². The van der Waals surface area contributed by atoms with Crippen molar-refractivity contribution >= 4 is 11.7 Å². The molecule has 0 aromatic carbocycles. The van der Waals surface area contributed by atoms with Crippen molar-refractivity contribution in [1.29, 1.82) is 0 Å². The Bertz CT molecular complexity index is 355. The van der Waals surface area contributed by atoms with Crippen molar-refractivity contribution in [3.05, 3.63) is 24.0 Å². The maximum atomic E-state index is 10.9. The molecule has 0 aliphatic heterocycles. The summed E-state index contributed by atoms with van der Waals surface area (Å²) in [5, 5.41) is 20.7. The minimum Gasteiger partial charge on any atom is -0.478 e. The van der Waals surface area contributed by atoms with Crippen LogP contribution in [0.15, 0.2) is 18.5 Å². The van der Waals surface area contributed by atoms with Crippen molar-refractivity contribution in [1.82, 2.24) is 4.98 Å². The maximum absolute atomic E-state index is 10.9. The van der Waals surface area contributed by atoms with Gasteiger partial charge >= 0.3 is 5.97 Å². The van der Waals surface area contributed by atoms with Crippen LogP contribution in [0, 0.1) is 0 Å². The third-order valence-corrected chi connectivity index (χ3v) is 2.25. The summed E-state index contributed by atoms with van der Waals surface area (Å²) in [6, 6.07) is 1.57. The molecule has 1 aromatic rings. The Balaban J connectivity index is 2.69. The fourth-order valence-corrected chi connectivity index (χ4v) is 1.43. The number of carbonyl (C=O) groups is 1. The van der Waals surface area contributed by atoms with Gasteiger partial charge in [0.25, 0.3) is 0 Å². The minimum atomic E-state index is -0.973. The molecule has 0 aliphatic rings. The van der Waals surface area contributed by atoms with Crippen LogP contribution in [-0.2, 0) is 0 Å². The van der Waals surface area contributed by atoms with Crippen LogP contribution in [0.25, 0.3) is 0 Å². The molecule has 5 heteroatoms. The number of nitrogens with zero attached hydrogens (tertiary/aromatic N) is 1. The van der Waals surface area contributed by atoms with E-state index in [1.54, 1.807) is 0 Å². The zero-order valence-corrected chi connectivity index (χ0v) is 9.18. The van der Waals surface area contributed by atoms with E-state index in [-0.39, 0.29) is 18.2 Å². The van der Waals surface area contributed by atoms with Gasteiger partial charge in [0.2, 0.25) is 0 Å². The maximum Gasteiger partial charge on any atom is 0.337 e. The molecule has 3 N–H and O–H groups in total. The fourth-order valence-electron chi connectivity index (χ4n) is 1.43. The van der Waals surface area contributed by atoms with E-state index in [9.17, 15) is 4.79 Å². The average Bonchev–Trinajstić information content (AvgIpc) is 2.27. The second-order valence-electron chi connectivity index (χ2n) is 3.64. The lowest BCUT2D eigenvalue weighted by atomic mass is 10.1. The molecule has 0 amide bonds. The first-order chi connectivity index (χ1) is 7.65. The van der Waals surface area contributed by atoms with E-state index < -0.39 is 5.97 Å². The number of hydrogen-bond donors (Lipinski definition) is 3. The highest BCUT2D eigenvalue weighted by atomic mass is 16.4. The van der Waals surface area contributed by atoms with Gasteiger partial charge in [-0.15, -0.1) is 0 Å².